The zero-order valence-electron chi connectivity index (χ0n) is 15.1. The van der Waals surface area contributed by atoms with Gasteiger partial charge in [0, 0.05) is 11.8 Å². The maximum Gasteiger partial charge on any atom is 0.315 e. The Morgan fingerprint density at radius 1 is 1.21 bits per heavy atom. The lowest BCUT2D eigenvalue weighted by Crippen LogP contribution is -2.43. The Morgan fingerprint density at radius 3 is 2.29 bits per heavy atom. The molecular formula is C19H22F3N3O3. The van der Waals surface area contributed by atoms with Crippen molar-refractivity contribution in [3.8, 4) is 11.1 Å². The summed E-state index contributed by atoms with van der Waals surface area (Å²) in [6.07, 6.45) is -3.19. The third-order valence-electron chi connectivity index (χ3n) is 4.34. The molecule has 0 bridgehead atoms. The van der Waals surface area contributed by atoms with Crippen LogP contribution in [0.5, 0.6) is 0 Å². The first-order valence-electron chi connectivity index (χ1n) is 8.48. The summed E-state index contributed by atoms with van der Waals surface area (Å²) < 4.78 is 37.7. The van der Waals surface area contributed by atoms with Crippen LogP contribution in [0.1, 0.15) is 24.3 Å². The third kappa shape index (κ3) is 5.06. The average Bonchev–Trinajstić information content (AvgIpc) is 2.71. The number of rotatable bonds is 8. The largest absolute Gasteiger partial charge is 0.394 e. The molecule has 0 fully saturated rings. The third-order valence-corrected chi connectivity index (χ3v) is 4.34. The van der Waals surface area contributed by atoms with Gasteiger partial charge in [0.05, 0.1) is 23.9 Å². The first-order chi connectivity index (χ1) is 13.2. The number of aliphatic hydroxyl groups excluding tert-OH is 2. The van der Waals surface area contributed by atoms with Crippen molar-refractivity contribution in [3.63, 3.8) is 0 Å². The first kappa shape index (κ1) is 21.8. The molecule has 9 heteroatoms. The second kappa shape index (κ2) is 9.13. The zero-order valence-corrected chi connectivity index (χ0v) is 15.1. The topological polar surface area (TPSA) is 108 Å². The summed E-state index contributed by atoms with van der Waals surface area (Å²) in [6.45, 7) is 0.193. The fourth-order valence-corrected chi connectivity index (χ4v) is 2.54. The summed E-state index contributed by atoms with van der Waals surface area (Å²) in [5, 5.41) is 21.2. The average molecular weight is 397 g/mol. The highest BCUT2D eigenvalue weighted by Crippen LogP contribution is 2.25. The lowest BCUT2D eigenvalue weighted by atomic mass is 9.97. The van der Waals surface area contributed by atoms with E-state index in [9.17, 15) is 28.2 Å². The number of nitrogens with two attached hydrogens (primary N) is 1. The predicted octanol–water partition coefficient (Wildman–Crippen LogP) is 1.67. The van der Waals surface area contributed by atoms with Crippen LogP contribution in [0.2, 0.25) is 0 Å². The van der Waals surface area contributed by atoms with Crippen LogP contribution in [0.25, 0.3) is 11.1 Å². The van der Waals surface area contributed by atoms with Crippen molar-refractivity contribution in [3.05, 3.63) is 53.9 Å². The number of aromatic nitrogens is 1. The van der Waals surface area contributed by atoms with Gasteiger partial charge in [-0.25, -0.2) is 4.39 Å². The van der Waals surface area contributed by atoms with E-state index in [2.05, 4.69) is 4.98 Å². The SMILES string of the molecule is CC(N)(CO)c1ccc(-c2ccc([C@H](O)[C@@H](CF)NC(=O)C(F)F)cc2)cn1. The van der Waals surface area contributed by atoms with Crippen LogP contribution in [-0.2, 0) is 10.3 Å². The lowest BCUT2D eigenvalue weighted by molar-refractivity contribution is -0.133. The molecule has 2 rings (SSSR count). The predicted molar refractivity (Wildman–Crippen MR) is 97.2 cm³/mol. The summed E-state index contributed by atoms with van der Waals surface area (Å²) in [5.41, 5.74) is 7.23. The first-order valence-corrected chi connectivity index (χ1v) is 8.48. The Kier molecular flexibility index (Phi) is 7.11. The second-order valence-electron chi connectivity index (χ2n) is 6.64. The molecule has 1 unspecified atom stereocenters. The summed E-state index contributed by atoms with van der Waals surface area (Å²) in [5.74, 6) is -1.64. The molecule has 3 atom stereocenters. The van der Waals surface area contributed by atoms with Crippen LogP contribution in [0.4, 0.5) is 13.2 Å². The molecule has 0 aliphatic rings. The maximum absolute atomic E-state index is 13.1. The molecule has 152 valence electrons. The van der Waals surface area contributed by atoms with Gasteiger partial charge in [0.15, 0.2) is 0 Å². The molecule has 0 radical (unpaired) electrons. The van der Waals surface area contributed by atoms with Gasteiger partial charge in [0.25, 0.3) is 5.91 Å². The van der Waals surface area contributed by atoms with Gasteiger partial charge in [-0.3, -0.25) is 9.78 Å². The van der Waals surface area contributed by atoms with E-state index in [-0.39, 0.29) is 12.2 Å². The number of hydrogen-bond acceptors (Lipinski definition) is 5. The lowest BCUT2D eigenvalue weighted by Gasteiger charge is -2.22. The summed E-state index contributed by atoms with van der Waals surface area (Å²) in [6, 6.07) is 8.28. The molecule has 28 heavy (non-hydrogen) atoms. The normalized spacial score (nSPS) is 15.7. The molecule has 6 nitrogen and oxygen atoms in total. The van der Waals surface area contributed by atoms with Gasteiger partial charge in [0.2, 0.25) is 0 Å². The van der Waals surface area contributed by atoms with Gasteiger partial charge in [-0.15, -0.1) is 0 Å². The summed E-state index contributed by atoms with van der Waals surface area (Å²) >= 11 is 0. The van der Waals surface area contributed by atoms with Gasteiger partial charge < -0.3 is 21.3 Å². The molecule has 0 saturated carbocycles. The van der Waals surface area contributed by atoms with Gasteiger partial charge in [0.1, 0.15) is 12.8 Å². The fraction of sp³-hybridized carbons (Fsp3) is 0.368. The number of halogens is 3. The van der Waals surface area contributed by atoms with E-state index in [1.165, 1.54) is 12.1 Å². The van der Waals surface area contributed by atoms with Crippen molar-refractivity contribution >= 4 is 5.91 Å². The van der Waals surface area contributed by atoms with E-state index >= 15 is 0 Å². The van der Waals surface area contributed by atoms with Crippen molar-refractivity contribution < 1.29 is 28.2 Å². The molecule has 1 aromatic heterocycles. The molecule has 5 N–H and O–H groups in total. The number of nitrogens with one attached hydrogen (secondary N) is 1. The van der Waals surface area contributed by atoms with Crippen LogP contribution in [0.3, 0.4) is 0 Å². The Bertz CT molecular complexity index is 783. The van der Waals surface area contributed by atoms with E-state index in [1.54, 1.807) is 42.7 Å². The van der Waals surface area contributed by atoms with Crippen LogP contribution in [0.15, 0.2) is 42.6 Å². The number of hydrogen-bond donors (Lipinski definition) is 4. The number of carbonyl (C=O) groups is 1. The van der Waals surface area contributed by atoms with Gasteiger partial charge in [-0.05, 0) is 24.1 Å². The minimum Gasteiger partial charge on any atom is -0.394 e. The molecule has 0 aliphatic heterocycles. The number of alkyl halides is 3. The Balaban J connectivity index is 2.15. The van der Waals surface area contributed by atoms with E-state index in [4.69, 9.17) is 5.73 Å². The van der Waals surface area contributed by atoms with E-state index in [0.717, 1.165) is 11.1 Å². The van der Waals surface area contributed by atoms with Crippen LogP contribution < -0.4 is 11.1 Å². The number of benzene rings is 1. The smallest absolute Gasteiger partial charge is 0.315 e. The summed E-state index contributed by atoms with van der Waals surface area (Å²) in [4.78, 5) is 15.3. The van der Waals surface area contributed by atoms with Crippen LogP contribution >= 0.6 is 0 Å². The van der Waals surface area contributed by atoms with Crippen molar-refractivity contribution in [1.82, 2.24) is 10.3 Å². The van der Waals surface area contributed by atoms with Crippen molar-refractivity contribution in [1.29, 1.82) is 0 Å². The Labute approximate surface area is 160 Å². The van der Waals surface area contributed by atoms with Crippen LogP contribution in [-0.4, -0.2) is 46.9 Å². The van der Waals surface area contributed by atoms with Crippen molar-refractivity contribution in [2.45, 2.75) is 31.0 Å². The number of amides is 1. The second-order valence-corrected chi connectivity index (χ2v) is 6.64. The van der Waals surface area contributed by atoms with Crippen molar-refractivity contribution in [2.75, 3.05) is 13.3 Å². The molecule has 2 aromatic rings. The monoisotopic (exact) mass is 397 g/mol. The number of carbonyl (C=O) groups excluding carboxylic acids is 1. The van der Waals surface area contributed by atoms with Crippen molar-refractivity contribution in [2.24, 2.45) is 5.73 Å². The number of nitrogens with zero attached hydrogens (tertiary/aromatic N) is 1. The molecule has 0 saturated heterocycles. The quantitative estimate of drug-likeness (QED) is 0.542. The van der Waals surface area contributed by atoms with Gasteiger partial charge in [-0.2, -0.15) is 8.78 Å². The minimum atomic E-state index is -3.29. The number of aliphatic hydroxyl groups is 2. The highest BCUT2D eigenvalue weighted by Gasteiger charge is 2.26. The van der Waals surface area contributed by atoms with Crippen LogP contribution in [0, 0.1) is 0 Å². The van der Waals surface area contributed by atoms with Gasteiger partial charge in [-0.1, -0.05) is 30.3 Å². The molecule has 1 amide bonds. The molecule has 1 aromatic carbocycles. The van der Waals surface area contributed by atoms with Gasteiger partial charge >= 0.3 is 6.43 Å². The number of pyridine rings is 1. The standard InChI is InChI=1S/C19H22F3N3O3/c1-19(23,10-26)15-7-6-13(9-24-15)11-2-4-12(5-3-11)16(27)14(8-20)25-18(28)17(21)22/h2-7,9,14,16-17,26-27H,8,10,23H2,1H3,(H,25,28)/t14-,16+,19?/m1/s1. The van der Waals surface area contributed by atoms with E-state index in [1.807, 2.05) is 0 Å². The summed E-state index contributed by atoms with van der Waals surface area (Å²) in [7, 11) is 0. The molecule has 0 aliphatic carbocycles. The fourth-order valence-electron chi connectivity index (χ4n) is 2.54. The van der Waals surface area contributed by atoms with E-state index < -0.39 is 36.7 Å². The molecular weight excluding hydrogens is 375 g/mol. The van der Waals surface area contributed by atoms with E-state index in [0.29, 0.717) is 5.69 Å². The Hall–Kier alpha value is -2.49. The highest BCUT2D eigenvalue weighted by molar-refractivity contribution is 5.79. The maximum atomic E-state index is 13.1. The minimum absolute atomic E-state index is 0.260. The Morgan fingerprint density at radius 2 is 1.82 bits per heavy atom. The molecule has 0 spiro atoms. The molecule has 1 heterocycles. The highest BCUT2D eigenvalue weighted by atomic mass is 19.3. The zero-order chi connectivity index (χ0) is 20.9.